The van der Waals surface area contributed by atoms with Gasteiger partial charge in [0.05, 0.1) is 10.9 Å². The van der Waals surface area contributed by atoms with Gasteiger partial charge in [0, 0.05) is 16.3 Å². The Morgan fingerprint density at radius 2 is 1.93 bits per heavy atom. The molecule has 2 heterocycles. The van der Waals surface area contributed by atoms with Gasteiger partial charge in [-0.25, -0.2) is 0 Å². The topological polar surface area (TPSA) is 98.1 Å². The number of hydrogen-bond donors (Lipinski definition) is 1. The van der Waals surface area contributed by atoms with Crippen LogP contribution in [0.5, 0.6) is 5.75 Å². The lowest BCUT2D eigenvalue weighted by Crippen LogP contribution is -2.15. The molecule has 0 radical (unpaired) electrons. The monoisotopic (exact) mass is 433 g/mol. The van der Waals surface area contributed by atoms with Gasteiger partial charge < -0.3 is 14.1 Å². The largest absolute Gasteiger partial charge is 0.484 e. The number of nitrogens with one attached hydrogen (secondary N) is 1. The van der Waals surface area contributed by atoms with Crippen molar-refractivity contribution in [3.8, 4) is 5.75 Å². The van der Waals surface area contributed by atoms with Crippen molar-refractivity contribution in [1.82, 2.24) is 15.2 Å². The van der Waals surface area contributed by atoms with E-state index in [0.717, 1.165) is 11.8 Å². The maximum atomic E-state index is 12.8. The van der Waals surface area contributed by atoms with Crippen molar-refractivity contribution < 1.29 is 18.7 Å². The highest BCUT2D eigenvalue weighted by molar-refractivity contribution is 8.00. The van der Waals surface area contributed by atoms with Crippen molar-refractivity contribution in [3.63, 3.8) is 0 Å². The average molecular weight is 434 g/mol. The lowest BCUT2D eigenvalue weighted by atomic mass is 10.0. The second-order valence-corrected chi connectivity index (χ2v) is 8.24. The number of hydrogen-bond acceptors (Lipinski definition) is 7. The van der Waals surface area contributed by atoms with E-state index in [1.165, 1.54) is 6.92 Å². The summed E-state index contributed by atoms with van der Waals surface area (Å²) in [6.07, 6.45) is 0. The fourth-order valence-corrected chi connectivity index (χ4v) is 3.84. The molecule has 1 N–H and O–H groups in total. The predicted molar refractivity (Wildman–Crippen MR) is 110 cm³/mol. The van der Waals surface area contributed by atoms with E-state index in [1.54, 1.807) is 45.0 Å². The van der Waals surface area contributed by atoms with Crippen molar-refractivity contribution >= 4 is 34.9 Å². The number of carbonyl (C=O) groups excluding carboxylic acids is 2. The van der Waals surface area contributed by atoms with Crippen LogP contribution in [0.15, 0.2) is 33.9 Å². The van der Waals surface area contributed by atoms with Gasteiger partial charge in [-0.05, 0) is 57.5 Å². The Balaban J connectivity index is 1.63. The van der Waals surface area contributed by atoms with E-state index in [1.807, 2.05) is 0 Å². The first-order valence-electron chi connectivity index (χ1n) is 8.88. The zero-order chi connectivity index (χ0) is 21.1. The van der Waals surface area contributed by atoms with E-state index in [-0.39, 0.29) is 23.4 Å². The molecule has 0 fully saturated rings. The first-order valence-corrected chi connectivity index (χ1v) is 10.1. The van der Waals surface area contributed by atoms with Gasteiger partial charge in [-0.1, -0.05) is 23.4 Å². The fraction of sp³-hybridized carbons (Fsp3) is 0.300. The number of Topliss-reactive ketones (excluding diaryl/α,β-unsaturated/α-hetero) is 2. The normalized spacial score (nSPS) is 12.0. The summed E-state index contributed by atoms with van der Waals surface area (Å²) in [6.45, 7) is 6.90. The van der Waals surface area contributed by atoms with Gasteiger partial charge >= 0.3 is 0 Å². The number of benzene rings is 1. The van der Waals surface area contributed by atoms with Gasteiger partial charge in [0.2, 0.25) is 0 Å². The molecule has 29 heavy (non-hydrogen) atoms. The summed E-state index contributed by atoms with van der Waals surface area (Å²) in [5, 5.41) is 8.32. The summed E-state index contributed by atoms with van der Waals surface area (Å²) in [6, 6.07) is 6.93. The Bertz CT molecular complexity index is 1040. The molecule has 1 atom stereocenters. The van der Waals surface area contributed by atoms with Gasteiger partial charge in [0.1, 0.15) is 5.75 Å². The number of ketones is 2. The summed E-state index contributed by atoms with van der Waals surface area (Å²) < 4.78 is 11.1. The van der Waals surface area contributed by atoms with Crippen molar-refractivity contribution in [2.75, 3.05) is 0 Å². The molecular weight excluding hydrogens is 414 g/mol. The fourth-order valence-electron chi connectivity index (χ4n) is 2.95. The summed E-state index contributed by atoms with van der Waals surface area (Å²) >= 11 is 7.00. The van der Waals surface area contributed by atoms with E-state index >= 15 is 0 Å². The molecule has 0 aliphatic carbocycles. The highest BCUT2D eigenvalue weighted by atomic mass is 35.5. The van der Waals surface area contributed by atoms with Crippen molar-refractivity contribution in [2.45, 2.75) is 44.8 Å². The molecular formula is C20H20ClN3O4S. The number of halogens is 1. The predicted octanol–water partition coefficient (Wildman–Crippen LogP) is 4.81. The molecule has 0 saturated carbocycles. The molecule has 0 saturated heterocycles. The number of nitrogens with zero attached hydrogens (tertiary/aromatic N) is 2. The number of aromatic amines is 1. The molecule has 152 valence electrons. The van der Waals surface area contributed by atoms with Gasteiger partial charge in [-0.15, -0.1) is 10.2 Å². The average Bonchev–Trinajstić information content (AvgIpc) is 3.24. The van der Waals surface area contributed by atoms with Gasteiger partial charge in [0.25, 0.3) is 11.1 Å². The smallest absolute Gasteiger partial charge is 0.277 e. The highest BCUT2D eigenvalue weighted by Gasteiger charge is 2.25. The third-order valence-corrected chi connectivity index (χ3v) is 5.49. The van der Waals surface area contributed by atoms with Crippen LogP contribution in [0.2, 0.25) is 5.02 Å². The first kappa shape index (κ1) is 21.1. The molecule has 3 rings (SSSR count). The molecule has 0 aliphatic heterocycles. The third kappa shape index (κ3) is 4.89. The van der Waals surface area contributed by atoms with Crippen molar-refractivity contribution in [3.05, 3.63) is 57.7 Å². The second kappa shape index (κ2) is 8.84. The minimum Gasteiger partial charge on any atom is -0.484 e. The SMILES string of the molecule is CC(=O)c1c(C)[nH]c(C(=O)C(C)Sc2nnc(COc3ccc(Cl)cc3)o2)c1C. The molecule has 1 aromatic carbocycles. The maximum Gasteiger partial charge on any atom is 0.277 e. The Hall–Kier alpha value is -2.58. The number of H-pyrrole nitrogens is 1. The summed E-state index contributed by atoms with van der Waals surface area (Å²) in [4.78, 5) is 27.6. The number of aromatic nitrogens is 3. The van der Waals surface area contributed by atoms with Crippen LogP contribution in [-0.2, 0) is 6.61 Å². The van der Waals surface area contributed by atoms with Gasteiger partial charge in [0.15, 0.2) is 18.2 Å². The van der Waals surface area contributed by atoms with E-state index in [2.05, 4.69) is 15.2 Å². The molecule has 7 nitrogen and oxygen atoms in total. The lowest BCUT2D eigenvalue weighted by molar-refractivity contribution is 0.0988. The summed E-state index contributed by atoms with van der Waals surface area (Å²) in [5.41, 5.74) is 2.34. The Kier molecular flexibility index (Phi) is 6.44. The first-order chi connectivity index (χ1) is 13.8. The van der Waals surface area contributed by atoms with Crippen LogP contribution in [0.4, 0.5) is 0 Å². The van der Waals surface area contributed by atoms with Crippen LogP contribution in [0.25, 0.3) is 0 Å². The molecule has 1 unspecified atom stereocenters. The van der Waals surface area contributed by atoms with Crippen LogP contribution in [-0.4, -0.2) is 32.0 Å². The van der Waals surface area contributed by atoms with Crippen LogP contribution >= 0.6 is 23.4 Å². The van der Waals surface area contributed by atoms with E-state index in [4.69, 9.17) is 20.8 Å². The minimum atomic E-state index is -0.475. The van der Waals surface area contributed by atoms with E-state index in [0.29, 0.717) is 39.2 Å². The lowest BCUT2D eigenvalue weighted by Gasteiger charge is -2.07. The molecule has 0 spiro atoms. The number of thioether (sulfide) groups is 1. The molecule has 0 bridgehead atoms. The quantitative estimate of drug-likeness (QED) is 0.402. The Morgan fingerprint density at radius 3 is 2.55 bits per heavy atom. The standard InChI is InChI=1S/C20H20ClN3O4S/c1-10-17(12(3)25)11(2)22-18(10)19(26)13(4)29-20-24-23-16(28-20)9-27-15-7-5-14(21)6-8-15/h5-8,13,22H,9H2,1-4H3. The Labute approximate surface area is 177 Å². The van der Waals surface area contributed by atoms with Gasteiger partial charge in [-0.3, -0.25) is 9.59 Å². The maximum absolute atomic E-state index is 12.8. The van der Waals surface area contributed by atoms with Crippen LogP contribution in [0.3, 0.4) is 0 Å². The minimum absolute atomic E-state index is 0.0714. The number of rotatable bonds is 8. The Morgan fingerprint density at radius 1 is 1.24 bits per heavy atom. The molecule has 0 amide bonds. The van der Waals surface area contributed by atoms with E-state index < -0.39 is 5.25 Å². The van der Waals surface area contributed by atoms with Crippen LogP contribution in [0.1, 0.15) is 51.8 Å². The highest BCUT2D eigenvalue weighted by Crippen LogP contribution is 2.27. The molecule has 3 aromatic rings. The number of carbonyl (C=O) groups is 2. The summed E-state index contributed by atoms with van der Waals surface area (Å²) in [5.74, 6) is 0.718. The van der Waals surface area contributed by atoms with Crippen LogP contribution < -0.4 is 4.74 Å². The van der Waals surface area contributed by atoms with Gasteiger partial charge in [-0.2, -0.15) is 0 Å². The van der Waals surface area contributed by atoms with E-state index in [9.17, 15) is 9.59 Å². The van der Waals surface area contributed by atoms with Crippen molar-refractivity contribution in [1.29, 1.82) is 0 Å². The number of aryl methyl sites for hydroxylation is 1. The van der Waals surface area contributed by atoms with Crippen LogP contribution in [0, 0.1) is 13.8 Å². The third-order valence-electron chi connectivity index (χ3n) is 4.31. The zero-order valence-electron chi connectivity index (χ0n) is 16.4. The molecule has 2 aromatic heterocycles. The molecule has 0 aliphatic rings. The van der Waals surface area contributed by atoms with Crippen molar-refractivity contribution in [2.24, 2.45) is 0 Å². The second-order valence-electron chi connectivity index (χ2n) is 6.51. The number of ether oxygens (including phenoxy) is 1. The molecule has 9 heteroatoms. The summed E-state index contributed by atoms with van der Waals surface area (Å²) in [7, 11) is 0. The zero-order valence-corrected chi connectivity index (χ0v) is 18.0.